The van der Waals surface area contributed by atoms with Gasteiger partial charge in [-0.15, -0.1) is 0 Å². The van der Waals surface area contributed by atoms with Crippen molar-refractivity contribution in [1.29, 1.82) is 0 Å². The molecule has 0 aromatic heterocycles. The van der Waals surface area contributed by atoms with E-state index in [1.54, 1.807) is 9.80 Å². The fourth-order valence-electron chi connectivity index (χ4n) is 2.72. The van der Waals surface area contributed by atoms with Crippen LogP contribution in [0.3, 0.4) is 0 Å². The zero-order valence-corrected chi connectivity index (χ0v) is 13.9. The van der Waals surface area contributed by atoms with Gasteiger partial charge in [-0.1, -0.05) is 23.7 Å². The Morgan fingerprint density at radius 2 is 1.96 bits per heavy atom. The summed E-state index contributed by atoms with van der Waals surface area (Å²) < 4.78 is 0. The highest BCUT2D eigenvalue weighted by Crippen LogP contribution is 2.27. The molecule has 23 heavy (non-hydrogen) atoms. The van der Waals surface area contributed by atoms with E-state index in [9.17, 15) is 9.59 Å². The van der Waals surface area contributed by atoms with Gasteiger partial charge in [-0.05, 0) is 43.0 Å². The lowest BCUT2D eigenvalue weighted by atomic mass is 10.2. The molecule has 124 valence electrons. The van der Waals surface area contributed by atoms with Crippen molar-refractivity contribution in [3.63, 3.8) is 0 Å². The summed E-state index contributed by atoms with van der Waals surface area (Å²) in [5.74, 6) is 0.771. The van der Waals surface area contributed by atoms with Crippen molar-refractivity contribution in [1.82, 2.24) is 15.1 Å². The lowest BCUT2D eigenvalue weighted by Crippen LogP contribution is -2.53. The van der Waals surface area contributed by atoms with E-state index in [1.165, 1.54) is 12.8 Å². The number of rotatable bonds is 6. The van der Waals surface area contributed by atoms with Gasteiger partial charge in [0.1, 0.15) is 0 Å². The van der Waals surface area contributed by atoms with E-state index in [0.717, 1.165) is 18.0 Å². The molecule has 0 bridgehead atoms. The monoisotopic (exact) mass is 335 g/mol. The minimum Gasteiger partial charge on any atom is -0.335 e. The molecule has 1 aromatic rings. The summed E-state index contributed by atoms with van der Waals surface area (Å²) >= 11 is 5.87. The molecule has 1 saturated carbocycles. The molecular weight excluding hydrogens is 314 g/mol. The standard InChI is InChI=1S/C17H22ClN3O2/c18-15-5-3-14(4-6-15)11-20-7-8-21(12-17(20)23)16(22)10-19-9-13-1-2-13/h3-6,13,19H,1-2,7-12H2. The fourth-order valence-corrected chi connectivity index (χ4v) is 2.84. The summed E-state index contributed by atoms with van der Waals surface area (Å²) in [5, 5.41) is 3.88. The average molecular weight is 336 g/mol. The predicted octanol–water partition coefficient (Wildman–Crippen LogP) is 1.51. The summed E-state index contributed by atoms with van der Waals surface area (Å²) in [6, 6.07) is 7.50. The molecule has 2 amide bonds. The normalized spacial score (nSPS) is 18.4. The third kappa shape index (κ3) is 4.69. The van der Waals surface area contributed by atoms with E-state index in [1.807, 2.05) is 24.3 Å². The van der Waals surface area contributed by atoms with E-state index in [2.05, 4.69) is 5.32 Å². The summed E-state index contributed by atoms with van der Waals surface area (Å²) in [6.07, 6.45) is 2.53. The van der Waals surface area contributed by atoms with Gasteiger partial charge in [-0.3, -0.25) is 9.59 Å². The topological polar surface area (TPSA) is 52.7 Å². The molecule has 1 heterocycles. The van der Waals surface area contributed by atoms with E-state index >= 15 is 0 Å². The summed E-state index contributed by atoms with van der Waals surface area (Å²) in [7, 11) is 0. The average Bonchev–Trinajstić information content (AvgIpc) is 3.35. The number of nitrogens with one attached hydrogen (secondary N) is 1. The first kappa shape index (κ1) is 16.3. The minimum absolute atomic E-state index is 0.00161. The molecular formula is C17H22ClN3O2. The van der Waals surface area contributed by atoms with Crippen molar-refractivity contribution >= 4 is 23.4 Å². The zero-order chi connectivity index (χ0) is 16.2. The number of amides is 2. The number of carbonyl (C=O) groups excluding carboxylic acids is 2. The van der Waals surface area contributed by atoms with Gasteiger partial charge in [0.15, 0.2) is 0 Å². The van der Waals surface area contributed by atoms with Crippen molar-refractivity contribution < 1.29 is 9.59 Å². The van der Waals surface area contributed by atoms with E-state index in [0.29, 0.717) is 31.2 Å². The van der Waals surface area contributed by atoms with Crippen LogP contribution in [0.15, 0.2) is 24.3 Å². The van der Waals surface area contributed by atoms with Crippen molar-refractivity contribution in [3.05, 3.63) is 34.9 Å². The third-order valence-corrected chi connectivity index (χ3v) is 4.62. The van der Waals surface area contributed by atoms with Crippen LogP contribution >= 0.6 is 11.6 Å². The first-order valence-corrected chi connectivity index (χ1v) is 8.50. The SMILES string of the molecule is O=C(CNCC1CC1)N1CCN(Cc2ccc(Cl)cc2)C(=O)C1. The van der Waals surface area contributed by atoms with Gasteiger partial charge in [-0.2, -0.15) is 0 Å². The maximum absolute atomic E-state index is 12.3. The second kappa shape index (κ2) is 7.32. The predicted molar refractivity (Wildman–Crippen MR) is 89.0 cm³/mol. The Morgan fingerprint density at radius 3 is 2.61 bits per heavy atom. The van der Waals surface area contributed by atoms with Crippen LogP contribution in [0.2, 0.25) is 5.02 Å². The Bertz CT molecular complexity index is 572. The van der Waals surface area contributed by atoms with Crippen LogP contribution in [-0.4, -0.2) is 54.3 Å². The Morgan fingerprint density at radius 1 is 1.22 bits per heavy atom. The highest BCUT2D eigenvalue weighted by atomic mass is 35.5. The number of benzene rings is 1. The molecule has 2 fully saturated rings. The lowest BCUT2D eigenvalue weighted by molar-refractivity contribution is -0.145. The minimum atomic E-state index is 0.00161. The largest absolute Gasteiger partial charge is 0.335 e. The Kier molecular flexibility index (Phi) is 5.18. The smallest absolute Gasteiger partial charge is 0.242 e. The second-order valence-corrected chi connectivity index (χ2v) is 6.77. The first-order valence-electron chi connectivity index (χ1n) is 8.12. The molecule has 5 nitrogen and oxygen atoms in total. The summed E-state index contributed by atoms with van der Waals surface area (Å²) in [4.78, 5) is 27.8. The number of carbonyl (C=O) groups is 2. The van der Waals surface area contributed by atoms with Gasteiger partial charge in [0.2, 0.25) is 11.8 Å². The second-order valence-electron chi connectivity index (χ2n) is 6.33. The third-order valence-electron chi connectivity index (χ3n) is 4.36. The maximum atomic E-state index is 12.3. The highest BCUT2D eigenvalue weighted by molar-refractivity contribution is 6.30. The van der Waals surface area contributed by atoms with Crippen LogP contribution in [0.25, 0.3) is 0 Å². The van der Waals surface area contributed by atoms with Crippen molar-refractivity contribution in [2.45, 2.75) is 19.4 Å². The number of hydrogen-bond acceptors (Lipinski definition) is 3. The maximum Gasteiger partial charge on any atom is 0.242 e. The molecule has 1 aliphatic carbocycles. The molecule has 6 heteroatoms. The number of piperazine rings is 1. The zero-order valence-electron chi connectivity index (χ0n) is 13.1. The molecule has 0 radical (unpaired) electrons. The quantitative estimate of drug-likeness (QED) is 0.857. The van der Waals surface area contributed by atoms with Crippen LogP contribution in [0, 0.1) is 5.92 Å². The Balaban J connectivity index is 1.45. The van der Waals surface area contributed by atoms with Crippen molar-refractivity contribution in [2.24, 2.45) is 5.92 Å². The molecule has 1 aliphatic heterocycles. The highest BCUT2D eigenvalue weighted by Gasteiger charge is 2.27. The molecule has 1 saturated heterocycles. The molecule has 1 aromatic carbocycles. The van der Waals surface area contributed by atoms with Gasteiger partial charge in [0.25, 0.3) is 0 Å². The Hall–Kier alpha value is -1.59. The van der Waals surface area contributed by atoms with E-state index in [-0.39, 0.29) is 18.4 Å². The van der Waals surface area contributed by atoms with Gasteiger partial charge >= 0.3 is 0 Å². The lowest BCUT2D eigenvalue weighted by Gasteiger charge is -2.34. The van der Waals surface area contributed by atoms with Crippen molar-refractivity contribution in [2.75, 3.05) is 32.7 Å². The summed E-state index contributed by atoms with van der Waals surface area (Å²) in [5.41, 5.74) is 1.05. The van der Waals surface area contributed by atoms with Crippen LogP contribution in [0.1, 0.15) is 18.4 Å². The van der Waals surface area contributed by atoms with Gasteiger partial charge in [0.05, 0.1) is 13.1 Å². The number of nitrogens with zero attached hydrogens (tertiary/aromatic N) is 2. The molecule has 0 unspecified atom stereocenters. The summed E-state index contributed by atoms with van der Waals surface area (Å²) in [6.45, 7) is 3.17. The van der Waals surface area contributed by atoms with E-state index < -0.39 is 0 Å². The van der Waals surface area contributed by atoms with Crippen LogP contribution in [-0.2, 0) is 16.1 Å². The van der Waals surface area contributed by atoms with Gasteiger partial charge in [-0.25, -0.2) is 0 Å². The molecule has 0 atom stereocenters. The Labute approximate surface area is 141 Å². The van der Waals surface area contributed by atoms with Crippen LogP contribution in [0.5, 0.6) is 0 Å². The fraction of sp³-hybridized carbons (Fsp3) is 0.529. The van der Waals surface area contributed by atoms with Crippen LogP contribution < -0.4 is 5.32 Å². The molecule has 0 spiro atoms. The van der Waals surface area contributed by atoms with Crippen LogP contribution in [0.4, 0.5) is 0 Å². The number of halogens is 1. The number of hydrogen-bond donors (Lipinski definition) is 1. The van der Waals surface area contributed by atoms with E-state index in [4.69, 9.17) is 11.6 Å². The van der Waals surface area contributed by atoms with Crippen molar-refractivity contribution in [3.8, 4) is 0 Å². The molecule has 3 rings (SSSR count). The van der Waals surface area contributed by atoms with Gasteiger partial charge < -0.3 is 15.1 Å². The first-order chi connectivity index (χ1) is 11.1. The molecule has 2 aliphatic rings. The molecule has 1 N–H and O–H groups in total. The van der Waals surface area contributed by atoms with Gasteiger partial charge in [0, 0.05) is 24.7 Å².